The van der Waals surface area contributed by atoms with Crippen LogP contribution >= 0.6 is 0 Å². The zero-order chi connectivity index (χ0) is 19.6. The van der Waals surface area contributed by atoms with Crippen LogP contribution in [0, 0.1) is 0 Å². The van der Waals surface area contributed by atoms with Crippen molar-refractivity contribution >= 4 is 22.4 Å². The smallest absolute Gasteiger partial charge is 0.224 e. The molecule has 2 aliphatic heterocycles. The quantitative estimate of drug-likeness (QED) is 0.726. The van der Waals surface area contributed by atoms with Crippen LogP contribution in [-0.4, -0.2) is 43.3 Å². The van der Waals surface area contributed by atoms with E-state index in [1.165, 1.54) is 22.0 Å². The fourth-order valence-electron chi connectivity index (χ4n) is 4.52. The van der Waals surface area contributed by atoms with Crippen LogP contribution in [0.3, 0.4) is 0 Å². The first-order valence-electron chi connectivity index (χ1n) is 10.3. The minimum absolute atomic E-state index is 0.0204. The van der Waals surface area contributed by atoms with Gasteiger partial charge in [0, 0.05) is 44.3 Å². The average Bonchev–Trinajstić information content (AvgIpc) is 2.79. The zero-order valence-electron chi connectivity index (χ0n) is 16.4. The number of rotatable bonds is 3. The SMILES string of the molecule is O=C1CC(c2cccc3ccccc23)NC(N2CCN(c3ccccc3)CC2)N1. The van der Waals surface area contributed by atoms with Gasteiger partial charge in [0.1, 0.15) is 6.29 Å². The summed E-state index contributed by atoms with van der Waals surface area (Å²) in [5.41, 5.74) is 2.47. The van der Waals surface area contributed by atoms with E-state index < -0.39 is 0 Å². The highest BCUT2D eigenvalue weighted by Crippen LogP contribution is 2.28. The van der Waals surface area contributed by atoms with E-state index in [-0.39, 0.29) is 18.2 Å². The maximum absolute atomic E-state index is 12.5. The number of benzene rings is 3. The molecule has 1 amide bonds. The van der Waals surface area contributed by atoms with E-state index >= 15 is 0 Å². The highest BCUT2D eigenvalue weighted by Gasteiger charge is 2.32. The fourth-order valence-corrected chi connectivity index (χ4v) is 4.52. The van der Waals surface area contributed by atoms with Crippen LogP contribution in [0.1, 0.15) is 18.0 Å². The van der Waals surface area contributed by atoms with E-state index in [9.17, 15) is 4.79 Å². The van der Waals surface area contributed by atoms with E-state index in [2.05, 4.69) is 93.2 Å². The maximum atomic E-state index is 12.5. The minimum atomic E-state index is -0.127. The van der Waals surface area contributed by atoms with E-state index in [0.29, 0.717) is 6.42 Å². The summed E-state index contributed by atoms with van der Waals surface area (Å²) in [5.74, 6) is 0.108. The molecule has 0 aliphatic carbocycles. The van der Waals surface area contributed by atoms with Gasteiger partial charge in [0.25, 0.3) is 0 Å². The number of hydrogen-bond acceptors (Lipinski definition) is 4. The van der Waals surface area contributed by atoms with Crippen molar-refractivity contribution in [3.8, 4) is 0 Å². The first-order valence-corrected chi connectivity index (χ1v) is 10.3. The molecule has 3 aromatic rings. The number of carbonyl (C=O) groups is 1. The predicted octanol–water partition coefficient (Wildman–Crippen LogP) is 3.10. The lowest BCUT2D eigenvalue weighted by Crippen LogP contribution is -2.64. The molecule has 0 spiro atoms. The number of carbonyl (C=O) groups excluding carboxylic acids is 1. The van der Waals surface area contributed by atoms with Crippen LogP contribution in [0.15, 0.2) is 72.8 Å². The first kappa shape index (κ1) is 18.2. The Labute approximate surface area is 171 Å². The van der Waals surface area contributed by atoms with Crippen LogP contribution in [-0.2, 0) is 4.79 Å². The van der Waals surface area contributed by atoms with Crippen molar-refractivity contribution in [3.05, 3.63) is 78.4 Å². The second-order valence-electron chi connectivity index (χ2n) is 7.82. The first-order chi connectivity index (χ1) is 14.3. The van der Waals surface area contributed by atoms with Crippen molar-refractivity contribution in [2.24, 2.45) is 0 Å². The third-order valence-electron chi connectivity index (χ3n) is 6.05. The van der Waals surface area contributed by atoms with Crippen molar-refractivity contribution in [3.63, 3.8) is 0 Å². The number of fused-ring (bicyclic) bond motifs is 1. The summed E-state index contributed by atoms with van der Waals surface area (Å²) in [5, 5.41) is 9.27. The van der Waals surface area contributed by atoms with Gasteiger partial charge in [-0.15, -0.1) is 0 Å². The normalized spacial score (nSPS) is 23.2. The number of anilines is 1. The van der Waals surface area contributed by atoms with Crippen molar-refractivity contribution in [2.75, 3.05) is 31.1 Å². The molecule has 0 bridgehead atoms. The molecule has 2 fully saturated rings. The molecule has 29 heavy (non-hydrogen) atoms. The van der Waals surface area contributed by atoms with Gasteiger partial charge in [-0.1, -0.05) is 60.7 Å². The summed E-state index contributed by atoms with van der Waals surface area (Å²) in [6.45, 7) is 3.73. The van der Waals surface area contributed by atoms with Gasteiger partial charge in [0.15, 0.2) is 0 Å². The van der Waals surface area contributed by atoms with E-state index in [1.807, 2.05) is 0 Å². The summed E-state index contributed by atoms with van der Waals surface area (Å²) in [7, 11) is 0. The van der Waals surface area contributed by atoms with E-state index in [4.69, 9.17) is 0 Å². The molecule has 2 aliphatic rings. The second-order valence-corrected chi connectivity index (χ2v) is 7.82. The summed E-state index contributed by atoms with van der Waals surface area (Å²) >= 11 is 0. The van der Waals surface area contributed by atoms with Crippen LogP contribution in [0.4, 0.5) is 5.69 Å². The summed E-state index contributed by atoms with van der Waals surface area (Å²) < 4.78 is 0. The molecule has 2 atom stereocenters. The van der Waals surface area contributed by atoms with Gasteiger partial charge < -0.3 is 10.2 Å². The third kappa shape index (κ3) is 3.71. The molecule has 2 N–H and O–H groups in total. The molecular formula is C24H26N4O. The molecule has 0 radical (unpaired) electrons. The summed E-state index contributed by atoms with van der Waals surface area (Å²) in [6, 6.07) is 25.3. The number of piperazine rings is 1. The van der Waals surface area contributed by atoms with Crippen molar-refractivity contribution in [2.45, 2.75) is 18.8 Å². The van der Waals surface area contributed by atoms with Crippen LogP contribution in [0.2, 0.25) is 0 Å². The van der Waals surface area contributed by atoms with Gasteiger partial charge in [-0.2, -0.15) is 0 Å². The minimum Gasteiger partial charge on any atom is -0.369 e. The Morgan fingerprint density at radius 3 is 2.34 bits per heavy atom. The van der Waals surface area contributed by atoms with Gasteiger partial charge in [-0.05, 0) is 28.5 Å². The van der Waals surface area contributed by atoms with Gasteiger partial charge in [0.2, 0.25) is 5.91 Å². The monoisotopic (exact) mass is 386 g/mol. The largest absolute Gasteiger partial charge is 0.369 e. The number of nitrogens with one attached hydrogen (secondary N) is 2. The number of amides is 1. The molecule has 2 saturated heterocycles. The Morgan fingerprint density at radius 1 is 0.793 bits per heavy atom. The standard InChI is InChI=1S/C24H26N4O/c29-23-17-22(21-12-6-8-18-7-4-5-11-20(18)21)25-24(26-23)28-15-13-27(14-16-28)19-9-2-1-3-10-19/h1-12,22,24-25H,13-17H2,(H,26,29). The molecule has 148 valence electrons. The Morgan fingerprint density at radius 2 is 1.52 bits per heavy atom. The predicted molar refractivity (Wildman–Crippen MR) is 117 cm³/mol. The Bertz CT molecular complexity index is 993. The molecule has 2 heterocycles. The van der Waals surface area contributed by atoms with Gasteiger partial charge in [-0.3, -0.25) is 15.0 Å². The van der Waals surface area contributed by atoms with Gasteiger partial charge in [0.05, 0.1) is 0 Å². The molecule has 3 aromatic carbocycles. The van der Waals surface area contributed by atoms with Crippen LogP contribution in [0.25, 0.3) is 10.8 Å². The fraction of sp³-hybridized carbons (Fsp3) is 0.292. The van der Waals surface area contributed by atoms with E-state index in [0.717, 1.165) is 26.2 Å². The van der Waals surface area contributed by atoms with Crippen LogP contribution in [0.5, 0.6) is 0 Å². The Balaban J connectivity index is 1.31. The average molecular weight is 386 g/mol. The van der Waals surface area contributed by atoms with Gasteiger partial charge in [-0.25, -0.2) is 0 Å². The molecule has 5 rings (SSSR count). The lowest BCUT2D eigenvalue weighted by Gasteiger charge is -2.43. The third-order valence-corrected chi connectivity index (χ3v) is 6.05. The highest BCUT2D eigenvalue weighted by atomic mass is 16.2. The molecule has 2 unspecified atom stereocenters. The Hall–Kier alpha value is -2.89. The molecule has 5 nitrogen and oxygen atoms in total. The number of hydrogen-bond donors (Lipinski definition) is 2. The topological polar surface area (TPSA) is 47.6 Å². The molecule has 0 saturated carbocycles. The Kier molecular flexibility index (Phi) is 4.92. The lowest BCUT2D eigenvalue weighted by atomic mass is 9.95. The van der Waals surface area contributed by atoms with E-state index in [1.54, 1.807) is 0 Å². The molecule has 0 aromatic heterocycles. The second kappa shape index (κ2) is 7.85. The highest BCUT2D eigenvalue weighted by molar-refractivity contribution is 5.87. The van der Waals surface area contributed by atoms with Crippen molar-refractivity contribution in [1.29, 1.82) is 0 Å². The maximum Gasteiger partial charge on any atom is 0.224 e. The lowest BCUT2D eigenvalue weighted by molar-refractivity contribution is -0.127. The van der Waals surface area contributed by atoms with Crippen LogP contribution < -0.4 is 15.5 Å². The number of nitrogens with zero attached hydrogens (tertiary/aromatic N) is 2. The van der Waals surface area contributed by atoms with Gasteiger partial charge >= 0.3 is 0 Å². The van der Waals surface area contributed by atoms with Crippen molar-refractivity contribution < 1.29 is 4.79 Å². The van der Waals surface area contributed by atoms with Crippen molar-refractivity contribution in [1.82, 2.24) is 15.5 Å². The summed E-state index contributed by atoms with van der Waals surface area (Å²) in [4.78, 5) is 17.3. The molecular weight excluding hydrogens is 360 g/mol. The summed E-state index contributed by atoms with van der Waals surface area (Å²) in [6.07, 6.45) is 0.340. The zero-order valence-corrected chi connectivity index (χ0v) is 16.4. The number of para-hydroxylation sites is 1. The molecule has 5 heteroatoms.